The van der Waals surface area contributed by atoms with E-state index in [-0.39, 0.29) is 12.5 Å². The van der Waals surface area contributed by atoms with Gasteiger partial charge in [0.1, 0.15) is 0 Å². The lowest BCUT2D eigenvalue weighted by Gasteiger charge is -2.08. The molecule has 3 heteroatoms. The number of hydrogen-bond donors (Lipinski definition) is 1. The molecule has 1 atom stereocenters. The third kappa shape index (κ3) is 2.22. The molecule has 1 aromatic carbocycles. The fourth-order valence-corrected chi connectivity index (χ4v) is 1.31. The summed E-state index contributed by atoms with van der Waals surface area (Å²) < 4.78 is 0.859. The molecule has 1 N–H and O–H groups in total. The summed E-state index contributed by atoms with van der Waals surface area (Å²) >= 11 is 9.14. The minimum atomic E-state index is -0.101. The van der Waals surface area contributed by atoms with E-state index in [0.717, 1.165) is 10.0 Å². The fraction of sp³-hybridized carbons (Fsp3) is 0.222. The van der Waals surface area contributed by atoms with Crippen molar-refractivity contribution in [1.82, 2.24) is 0 Å². The van der Waals surface area contributed by atoms with E-state index in [0.29, 0.717) is 5.02 Å². The summed E-state index contributed by atoms with van der Waals surface area (Å²) in [5, 5.41) is 9.48. The number of benzene rings is 1. The van der Waals surface area contributed by atoms with Gasteiger partial charge in [-0.05, 0) is 40.5 Å². The van der Waals surface area contributed by atoms with Crippen LogP contribution in [-0.2, 0) is 0 Å². The van der Waals surface area contributed by atoms with Gasteiger partial charge in [-0.2, -0.15) is 0 Å². The van der Waals surface area contributed by atoms with Crippen molar-refractivity contribution in [3.05, 3.63) is 40.2 Å². The third-order valence-electron chi connectivity index (χ3n) is 1.64. The maximum absolute atomic E-state index is 8.83. The molecule has 0 fully saturated rings. The summed E-state index contributed by atoms with van der Waals surface area (Å²) in [6.45, 7) is 3.81. The maximum Gasteiger partial charge on any atom is 0.0550 e. The van der Waals surface area contributed by atoms with Crippen LogP contribution in [0.25, 0.3) is 0 Å². The first kappa shape index (κ1) is 10.0. The van der Waals surface area contributed by atoms with Crippen molar-refractivity contribution in [2.75, 3.05) is 6.61 Å². The van der Waals surface area contributed by atoms with Crippen molar-refractivity contribution in [2.45, 2.75) is 5.92 Å². The highest BCUT2D eigenvalue weighted by molar-refractivity contribution is 9.10. The van der Waals surface area contributed by atoms with Gasteiger partial charge in [0.05, 0.1) is 5.02 Å². The first-order valence-electron chi connectivity index (χ1n) is 3.54. The summed E-state index contributed by atoms with van der Waals surface area (Å²) in [5.74, 6) is -0.101. The predicted molar refractivity (Wildman–Crippen MR) is 54.3 cm³/mol. The van der Waals surface area contributed by atoms with Crippen molar-refractivity contribution in [2.24, 2.45) is 0 Å². The summed E-state index contributed by atoms with van der Waals surface area (Å²) in [5.41, 5.74) is 0.950. The van der Waals surface area contributed by atoms with Gasteiger partial charge >= 0.3 is 0 Å². The second-order valence-electron chi connectivity index (χ2n) is 2.55. The highest BCUT2D eigenvalue weighted by Crippen LogP contribution is 2.26. The zero-order valence-corrected chi connectivity index (χ0v) is 8.77. The monoisotopic (exact) mass is 247 g/mol. The van der Waals surface area contributed by atoms with Gasteiger partial charge < -0.3 is 5.11 Å². The van der Waals surface area contributed by atoms with Gasteiger partial charge in [-0.25, -0.2) is 0 Å². The fourth-order valence-electron chi connectivity index (χ4n) is 0.872. The molecular formula is C9H9BrClO. The van der Waals surface area contributed by atoms with E-state index in [1.165, 1.54) is 0 Å². The van der Waals surface area contributed by atoms with Crippen LogP contribution >= 0.6 is 27.5 Å². The van der Waals surface area contributed by atoms with Gasteiger partial charge in [-0.1, -0.05) is 17.7 Å². The topological polar surface area (TPSA) is 20.2 Å². The average Bonchev–Trinajstić information content (AvgIpc) is 2.08. The largest absolute Gasteiger partial charge is 0.396 e. The molecule has 1 radical (unpaired) electrons. The zero-order valence-electron chi connectivity index (χ0n) is 6.43. The Labute approximate surface area is 85.5 Å². The highest BCUT2D eigenvalue weighted by atomic mass is 79.9. The van der Waals surface area contributed by atoms with Crippen LogP contribution in [0.3, 0.4) is 0 Å². The van der Waals surface area contributed by atoms with Gasteiger partial charge in [-0.15, -0.1) is 0 Å². The molecule has 0 saturated heterocycles. The van der Waals surface area contributed by atoms with Gasteiger partial charge in [0.15, 0.2) is 0 Å². The van der Waals surface area contributed by atoms with Crippen LogP contribution in [0.5, 0.6) is 0 Å². The molecule has 0 aliphatic carbocycles. The average molecular weight is 249 g/mol. The Balaban J connectivity index is 2.96. The third-order valence-corrected chi connectivity index (χ3v) is 2.87. The van der Waals surface area contributed by atoms with E-state index in [2.05, 4.69) is 22.9 Å². The highest BCUT2D eigenvalue weighted by Gasteiger charge is 2.05. The number of hydrogen-bond acceptors (Lipinski definition) is 1. The van der Waals surface area contributed by atoms with Gasteiger partial charge in [0, 0.05) is 17.0 Å². The molecule has 0 aromatic heterocycles. The predicted octanol–water partition coefficient (Wildman–Crippen LogP) is 3.01. The smallest absolute Gasteiger partial charge is 0.0550 e. The van der Waals surface area contributed by atoms with E-state index >= 15 is 0 Å². The van der Waals surface area contributed by atoms with Crippen molar-refractivity contribution in [1.29, 1.82) is 0 Å². The van der Waals surface area contributed by atoms with Gasteiger partial charge in [0.25, 0.3) is 0 Å². The lowest BCUT2D eigenvalue weighted by molar-refractivity contribution is 0.282. The molecule has 0 heterocycles. The molecule has 0 aliphatic rings. The Morgan fingerprint density at radius 1 is 1.58 bits per heavy atom. The number of rotatable bonds is 2. The molecule has 0 aliphatic heterocycles. The first-order valence-corrected chi connectivity index (χ1v) is 4.71. The summed E-state index contributed by atoms with van der Waals surface area (Å²) in [6, 6.07) is 5.55. The normalized spacial score (nSPS) is 13.0. The lowest BCUT2D eigenvalue weighted by Crippen LogP contribution is -1.98. The Hall–Kier alpha value is -0.0500. The van der Waals surface area contributed by atoms with Crippen LogP contribution in [0.2, 0.25) is 5.02 Å². The summed E-state index contributed by atoms with van der Waals surface area (Å²) in [6.07, 6.45) is 0. The van der Waals surface area contributed by atoms with Crippen molar-refractivity contribution < 1.29 is 5.11 Å². The van der Waals surface area contributed by atoms with Crippen LogP contribution in [0.4, 0.5) is 0 Å². The standard InChI is InChI=1S/C9H9BrClO/c1-6(5-12)7-2-3-8(10)9(11)4-7/h2-4,6,12H,1,5H2. The molecule has 1 nitrogen and oxygen atoms in total. The van der Waals surface area contributed by atoms with Crippen LogP contribution in [-0.4, -0.2) is 11.7 Å². The molecule has 1 rings (SSSR count). The van der Waals surface area contributed by atoms with E-state index in [1.807, 2.05) is 12.1 Å². The van der Waals surface area contributed by atoms with E-state index < -0.39 is 0 Å². The molecule has 65 valence electrons. The van der Waals surface area contributed by atoms with E-state index in [4.69, 9.17) is 16.7 Å². The number of halogens is 2. The molecule has 12 heavy (non-hydrogen) atoms. The van der Waals surface area contributed by atoms with Crippen molar-refractivity contribution in [3.8, 4) is 0 Å². The first-order chi connectivity index (χ1) is 5.65. The number of aliphatic hydroxyl groups is 1. The Morgan fingerprint density at radius 3 is 2.75 bits per heavy atom. The van der Waals surface area contributed by atoms with Crippen molar-refractivity contribution in [3.63, 3.8) is 0 Å². The van der Waals surface area contributed by atoms with Crippen LogP contribution in [0.15, 0.2) is 22.7 Å². The summed E-state index contributed by atoms with van der Waals surface area (Å²) in [7, 11) is 0. The summed E-state index contributed by atoms with van der Waals surface area (Å²) in [4.78, 5) is 0. The van der Waals surface area contributed by atoms with E-state index in [1.54, 1.807) is 6.07 Å². The van der Waals surface area contributed by atoms with Crippen LogP contribution < -0.4 is 0 Å². The Morgan fingerprint density at radius 2 is 2.25 bits per heavy atom. The molecular weight excluding hydrogens is 239 g/mol. The molecule has 1 unspecified atom stereocenters. The molecule has 0 amide bonds. The minimum Gasteiger partial charge on any atom is -0.396 e. The number of aliphatic hydroxyl groups excluding tert-OH is 1. The second-order valence-corrected chi connectivity index (χ2v) is 3.81. The van der Waals surface area contributed by atoms with Crippen LogP contribution in [0.1, 0.15) is 11.5 Å². The molecule has 0 saturated carbocycles. The second kappa shape index (κ2) is 4.26. The van der Waals surface area contributed by atoms with Gasteiger partial charge in [-0.3, -0.25) is 0 Å². The molecule has 0 spiro atoms. The van der Waals surface area contributed by atoms with Crippen LogP contribution in [0, 0.1) is 6.92 Å². The zero-order chi connectivity index (χ0) is 9.14. The molecule has 0 bridgehead atoms. The van der Waals surface area contributed by atoms with Crippen molar-refractivity contribution >= 4 is 27.5 Å². The van der Waals surface area contributed by atoms with Gasteiger partial charge in [0.2, 0.25) is 0 Å². The lowest BCUT2D eigenvalue weighted by atomic mass is 10.0. The minimum absolute atomic E-state index is 0.0396. The Kier molecular flexibility index (Phi) is 3.56. The SMILES string of the molecule is [CH2]C(CO)c1ccc(Br)c(Cl)c1. The molecule has 1 aromatic rings. The maximum atomic E-state index is 8.83. The van der Waals surface area contributed by atoms with E-state index in [9.17, 15) is 0 Å². The quantitative estimate of drug-likeness (QED) is 0.853. The Bertz CT molecular complexity index is 275.